The van der Waals surface area contributed by atoms with E-state index in [1.165, 1.54) is 6.26 Å². The highest BCUT2D eigenvalue weighted by molar-refractivity contribution is 7.90. The van der Waals surface area contributed by atoms with Crippen molar-refractivity contribution >= 4 is 9.84 Å². The summed E-state index contributed by atoms with van der Waals surface area (Å²) < 4.78 is 22.4. The number of sulfone groups is 1. The van der Waals surface area contributed by atoms with Crippen molar-refractivity contribution in [3.8, 4) is 0 Å². The van der Waals surface area contributed by atoms with Crippen LogP contribution in [0.1, 0.15) is 46.5 Å². The lowest BCUT2D eigenvalue weighted by Gasteiger charge is -2.29. The Balaban J connectivity index is 4.21. The van der Waals surface area contributed by atoms with Crippen molar-refractivity contribution in [3.63, 3.8) is 0 Å². The molecular formula is C12H27NO2S. The van der Waals surface area contributed by atoms with E-state index in [2.05, 4.69) is 26.1 Å². The molecule has 0 aliphatic rings. The zero-order valence-corrected chi connectivity index (χ0v) is 12.0. The van der Waals surface area contributed by atoms with E-state index in [4.69, 9.17) is 0 Å². The highest BCUT2D eigenvalue weighted by Crippen LogP contribution is 2.27. The van der Waals surface area contributed by atoms with Gasteiger partial charge >= 0.3 is 0 Å². The van der Waals surface area contributed by atoms with Crippen LogP contribution in [0, 0.1) is 5.41 Å². The van der Waals surface area contributed by atoms with Crippen molar-refractivity contribution in [2.45, 2.75) is 46.5 Å². The molecule has 98 valence electrons. The molecule has 16 heavy (non-hydrogen) atoms. The molecule has 1 N–H and O–H groups in total. The monoisotopic (exact) mass is 249 g/mol. The molecule has 0 aromatic heterocycles. The van der Waals surface area contributed by atoms with E-state index in [9.17, 15) is 8.42 Å². The molecule has 1 atom stereocenters. The Morgan fingerprint density at radius 3 is 2.19 bits per heavy atom. The molecule has 0 heterocycles. The summed E-state index contributed by atoms with van der Waals surface area (Å²) in [5.74, 6) is 0.303. The molecule has 0 aromatic carbocycles. The largest absolute Gasteiger partial charge is 0.316 e. The van der Waals surface area contributed by atoms with E-state index in [1.54, 1.807) is 0 Å². The maximum absolute atomic E-state index is 11.2. The Labute approximate surface area is 101 Å². The molecule has 0 saturated carbocycles. The summed E-state index contributed by atoms with van der Waals surface area (Å²) in [6.45, 7) is 8.41. The maximum Gasteiger partial charge on any atom is 0.147 e. The highest BCUT2D eigenvalue weighted by atomic mass is 32.2. The summed E-state index contributed by atoms with van der Waals surface area (Å²) in [4.78, 5) is 0. The zero-order chi connectivity index (χ0) is 12.7. The van der Waals surface area contributed by atoms with Crippen molar-refractivity contribution in [3.05, 3.63) is 0 Å². The topological polar surface area (TPSA) is 46.2 Å². The second-order valence-corrected chi connectivity index (χ2v) is 7.38. The third-order valence-corrected chi connectivity index (χ3v) is 3.85. The molecule has 4 heteroatoms. The molecule has 0 spiro atoms. The van der Waals surface area contributed by atoms with Crippen LogP contribution in [-0.4, -0.2) is 33.5 Å². The SMILES string of the molecule is CCCNCC(C)(CCC)CCS(C)(=O)=O. The second kappa shape index (κ2) is 7.28. The lowest BCUT2D eigenvalue weighted by molar-refractivity contribution is 0.268. The predicted molar refractivity (Wildman–Crippen MR) is 70.5 cm³/mol. The van der Waals surface area contributed by atoms with Gasteiger partial charge in [-0.1, -0.05) is 27.2 Å². The average molecular weight is 249 g/mol. The van der Waals surface area contributed by atoms with Gasteiger partial charge in [0.2, 0.25) is 0 Å². The van der Waals surface area contributed by atoms with Crippen molar-refractivity contribution in [2.24, 2.45) is 5.41 Å². The first-order valence-corrected chi connectivity index (χ1v) is 8.27. The fourth-order valence-electron chi connectivity index (χ4n) is 1.90. The first-order chi connectivity index (χ1) is 7.33. The van der Waals surface area contributed by atoms with Gasteiger partial charge in [0.25, 0.3) is 0 Å². The fourth-order valence-corrected chi connectivity index (χ4v) is 2.77. The van der Waals surface area contributed by atoms with E-state index in [0.29, 0.717) is 5.75 Å². The average Bonchev–Trinajstić information content (AvgIpc) is 2.15. The Morgan fingerprint density at radius 1 is 1.12 bits per heavy atom. The number of hydrogen-bond donors (Lipinski definition) is 1. The molecule has 0 radical (unpaired) electrons. The van der Waals surface area contributed by atoms with Crippen molar-refractivity contribution in [1.82, 2.24) is 5.32 Å². The normalized spacial score (nSPS) is 16.0. The van der Waals surface area contributed by atoms with Crippen LogP contribution >= 0.6 is 0 Å². The molecule has 0 aromatic rings. The van der Waals surface area contributed by atoms with Gasteiger partial charge in [-0.15, -0.1) is 0 Å². The van der Waals surface area contributed by atoms with Crippen LogP contribution in [-0.2, 0) is 9.84 Å². The molecule has 0 amide bonds. The third kappa shape index (κ3) is 8.11. The Kier molecular flexibility index (Phi) is 7.24. The van der Waals surface area contributed by atoms with Gasteiger partial charge in [0.05, 0.1) is 5.75 Å². The van der Waals surface area contributed by atoms with Crippen LogP contribution in [0.2, 0.25) is 0 Å². The van der Waals surface area contributed by atoms with Crippen LogP contribution < -0.4 is 5.32 Å². The fraction of sp³-hybridized carbons (Fsp3) is 1.00. The van der Waals surface area contributed by atoms with Crippen LogP contribution in [0.15, 0.2) is 0 Å². The zero-order valence-electron chi connectivity index (χ0n) is 11.2. The molecule has 0 fully saturated rings. The second-order valence-electron chi connectivity index (χ2n) is 5.12. The van der Waals surface area contributed by atoms with Gasteiger partial charge in [0.15, 0.2) is 0 Å². The lowest BCUT2D eigenvalue weighted by Crippen LogP contribution is -2.34. The minimum atomic E-state index is -2.83. The van der Waals surface area contributed by atoms with Crippen LogP contribution in [0.25, 0.3) is 0 Å². The third-order valence-electron chi connectivity index (χ3n) is 2.91. The minimum Gasteiger partial charge on any atom is -0.316 e. The molecule has 0 saturated heterocycles. The highest BCUT2D eigenvalue weighted by Gasteiger charge is 2.24. The Bertz CT molecular complexity index is 275. The molecule has 3 nitrogen and oxygen atoms in total. The van der Waals surface area contributed by atoms with Crippen molar-refractivity contribution < 1.29 is 8.42 Å². The van der Waals surface area contributed by atoms with Gasteiger partial charge < -0.3 is 5.32 Å². The first kappa shape index (κ1) is 15.9. The Hall–Kier alpha value is -0.0900. The van der Waals surface area contributed by atoms with Crippen LogP contribution in [0.3, 0.4) is 0 Å². The minimum absolute atomic E-state index is 0.118. The molecule has 0 aliphatic heterocycles. The summed E-state index contributed by atoms with van der Waals surface area (Å²) in [5.41, 5.74) is 0.118. The predicted octanol–water partition coefficient (Wildman–Crippen LogP) is 2.23. The van der Waals surface area contributed by atoms with E-state index in [0.717, 1.165) is 38.8 Å². The van der Waals surface area contributed by atoms with Gasteiger partial charge in [-0.25, -0.2) is 8.42 Å². The van der Waals surface area contributed by atoms with E-state index in [1.807, 2.05) is 0 Å². The van der Waals surface area contributed by atoms with Gasteiger partial charge in [-0.2, -0.15) is 0 Å². The number of rotatable bonds is 9. The standard InChI is InChI=1S/C12H27NO2S/c1-5-7-12(3,11-13-9-6-2)8-10-16(4,14)15/h13H,5-11H2,1-4H3. The maximum atomic E-state index is 11.2. The number of nitrogens with one attached hydrogen (secondary N) is 1. The van der Waals surface area contributed by atoms with E-state index < -0.39 is 9.84 Å². The summed E-state index contributed by atoms with van der Waals surface area (Å²) in [7, 11) is -2.83. The lowest BCUT2D eigenvalue weighted by atomic mass is 9.83. The van der Waals surface area contributed by atoms with Gasteiger partial charge in [-0.05, 0) is 31.2 Å². The van der Waals surface area contributed by atoms with Crippen molar-refractivity contribution in [2.75, 3.05) is 25.1 Å². The quantitative estimate of drug-likeness (QED) is 0.637. The smallest absolute Gasteiger partial charge is 0.147 e. The van der Waals surface area contributed by atoms with Gasteiger partial charge in [0.1, 0.15) is 9.84 Å². The summed E-state index contributed by atoms with van der Waals surface area (Å²) in [6.07, 6.45) is 5.39. The van der Waals surface area contributed by atoms with Crippen LogP contribution in [0.4, 0.5) is 0 Å². The number of hydrogen-bond acceptors (Lipinski definition) is 3. The van der Waals surface area contributed by atoms with Crippen LogP contribution in [0.5, 0.6) is 0 Å². The molecule has 1 unspecified atom stereocenters. The first-order valence-electron chi connectivity index (χ1n) is 6.21. The van der Waals surface area contributed by atoms with Crippen molar-refractivity contribution in [1.29, 1.82) is 0 Å². The molecule has 0 rings (SSSR count). The summed E-state index contributed by atoms with van der Waals surface area (Å²) in [6, 6.07) is 0. The van der Waals surface area contributed by atoms with Gasteiger partial charge in [-0.3, -0.25) is 0 Å². The Morgan fingerprint density at radius 2 is 1.75 bits per heavy atom. The van der Waals surface area contributed by atoms with Gasteiger partial charge in [0, 0.05) is 12.8 Å². The van der Waals surface area contributed by atoms with E-state index >= 15 is 0 Å². The molecular weight excluding hydrogens is 222 g/mol. The summed E-state index contributed by atoms with van der Waals surface area (Å²) in [5, 5.41) is 3.40. The summed E-state index contributed by atoms with van der Waals surface area (Å²) >= 11 is 0. The van der Waals surface area contributed by atoms with E-state index in [-0.39, 0.29) is 5.41 Å². The molecule has 0 aliphatic carbocycles. The molecule has 0 bridgehead atoms.